The van der Waals surface area contributed by atoms with Crippen LogP contribution >= 0.6 is 0 Å². The minimum Gasteiger partial charge on any atom is -0.444 e. The molecule has 0 saturated heterocycles. The molecule has 1 N–H and O–H groups in total. The maximum atomic E-state index is 12.2. The molecule has 5 nitrogen and oxygen atoms in total. The van der Waals surface area contributed by atoms with Crippen molar-refractivity contribution in [2.75, 3.05) is 7.05 Å². The molecular formula is C15H28N2O3. The molecule has 0 aromatic rings. The number of ether oxygens (including phenoxy) is 1. The second-order valence-corrected chi connectivity index (χ2v) is 6.61. The zero-order valence-corrected chi connectivity index (χ0v) is 13.4. The van der Waals surface area contributed by atoms with Crippen LogP contribution < -0.4 is 5.32 Å². The molecule has 0 radical (unpaired) electrons. The Hall–Kier alpha value is -1.26. The van der Waals surface area contributed by atoms with Gasteiger partial charge in [0.05, 0.1) is 0 Å². The number of amides is 2. The van der Waals surface area contributed by atoms with Crippen LogP contribution in [-0.4, -0.2) is 41.6 Å². The summed E-state index contributed by atoms with van der Waals surface area (Å²) in [4.78, 5) is 25.4. The topological polar surface area (TPSA) is 58.6 Å². The first kappa shape index (κ1) is 16.8. The quantitative estimate of drug-likeness (QED) is 0.867. The maximum absolute atomic E-state index is 12.2. The van der Waals surface area contributed by atoms with E-state index >= 15 is 0 Å². The Bertz CT molecular complexity index is 344. The van der Waals surface area contributed by atoms with Gasteiger partial charge in [-0.25, -0.2) is 4.79 Å². The molecule has 20 heavy (non-hydrogen) atoms. The van der Waals surface area contributed by atoms with Gasteiger partial charge in [0.1, 0.15) is 11.6 Å². The van der Waals surface area contributed by atoms with Gasteiger partial charge in [0.2, 0.25) is 5.91 Å². The monoisotopic (exact) mass is 284 g/mol. The summed E-state index contributed by atoms with van der Waals surface area (Å²) >= 11 is 0. The first-order valence-electron chi connectivity index (χ1n) is 7.47. The number of rotatable bonds is 3. The van der Waals surface area contributed by atoms with Gasteiger partial charge in [-0.3, -0.25) is 9.69 Å². The summed E-state index contributed by atoms with van der Waals surface area (Å²) in [6.07, 6.45) is 5.19. The average molecular weight is 284 g/mol. The fraction of sp³-hybridized carbons (Fsp3) is 0.867. The van der Waals surface area contributed by atoms with E-state index in [-0.39, 0.29) is 11.9 Å². The molecule has 1 rings (SSSR count). The third kappa shape index (κ3) is 5.39. The molecule has 2 amide bonds. The van der Waals surface area contributed by atoms with Gasteiger partial charge in [-0.15, -0.1) is 0 Å². The van der Waals surface area contributed by atoms with Crippen molar-refractivity contribution in [3.8, 4) is 0 Å². The molecule has 1 atom stereocenters. The molecule has 0 bridgehead atoms. The van der Waals surface area contributed by atoms with Gasteiger partial charge in [0.15, 0.2) is 0 Å². The highest BCUT2D eigenvalue weighted by molar-refractivity contribution is 5.85. The lowest BCUT2D eigenvalue weighted by Gasteiger charge is -2.30. The smallest absolute Gasteiger partial charge is 0.410 e. The minimum absolute atomic E-state index is 0.106. The lowest BCUT2D eigenvalue weighted by molar-refractivity contribution is -0.126. The summed E-state index contributed by atoms with van der Waals surface area (Å²) in [5.41, 5.74) is -0.551. The average Bonchev–Trinajstić information content (AvgIpc) is 2.36. The first-order valence-corrected chi connectivity index (χ1v) is 7.47. The summed E-state index contributed by atoms with van der Waals surface area (Å²) in [5, 5.41) is 3.03. The summed E-state index contributed by atoms with van der Waals surface area (Å²) in [6.45, 7) is 7.16. The third-order valence-electron chi connectivity index (χ3n) is 3.59. The van der Waals surface area contributed by atoms with Gasteiger partial charge in [0, 0.05) is 13.1 Å². The Balaban J connectivity index is 2.48. The molecule has 1 aliphatic rings. The molecule has 0 aliphatic heterocycles. The van der Waals surface area contributed by atoms with Gasteiger partial charge in [-0.05, 0) is 40.5 Å². The molecule has 116 valence electrons. The largest absolute Gasteiger partial charge is 0.444 e. The van der Waals surface area contributed by atoms with Crippen LogP contribution in [0.1, 0.15) is 59.8 Å². The van der Waals surface area contributed by atoms with Crippen molar-refractivity contribution in [1.29, 1.82) is 0 Å². The van der Waals surface area contributed by atoms with Crippen molar-refractivity contribution in [2.45, 2.75) is 77.5 Å². The first-order chi connectivity index (χ1) is 9.20. The number of likely N-dealkylation sites (N-methyl/N-ethyl adjacent to an activating group) is 1. The van der Waals surface area contributed by atoms with E-state index in [1.165, 1.54) is 24.2 Å². The van der Waals surface area contributed by atoms with Crippen molar-refractivity contribution < 1.29 is 14.3 Å². The summed E-state index contributed by atoms with van der Waals surface area (Å²) < 4.78 is 5.27. The van der Waals surface area contributed by atoms with Gasteiger partial charge in [-0.2, -0.15) is 0 Å². The number of hydrogen-bond acceptors (Lipinski definition) is 3. The van der Waals surface area contributed by atoms with Crippen molar-refractivity contribution in [2.24, 2.45) is 0 Å². The molecule has 0 aromatic heterocycles. The van der Waals surface area contributed by atoms with Gasteiger partial charge in [-0.1, -0.05) is 19.3 Å². The summed E-state index contributed by atoms with van der Waals surface area (Å²) in [5.74, 6) is -0.106. The number of carbonyl (C=O) groups excluding carboxylic acids is 2. The Morgan fingerprint density at radius 3 is 2.25 bits per heavy atom. The number of hydrogen-bond donors (Lipinski definition) is 1. The normalized spacial score (nSPS) is 18.2. The predicted octanol–water partition coefficient (Wildman–Crippen LogP) is 2.69. The lowest BCUT2D eigenvalue weighted by atomic mass is 9.95. The van der Waals surface area contributed by atoms with Crippen LogP contribution in [0.4, 0.5) is 4.79 Å². The van der Waals surface area contributed by atoms with Crippen LogP contribution in [0.2, 0.25) is 0 Å². The molecule has 0 unspecified atom stereocenters. The van der Waals surface area contributed by atoms with Crippen LogP contribution in [-0.2, 0) is 9.53 Å². The SMILES string of the molecule is C[C@H](C(=O)NC1CCCCC1)N(C)C(=O)OC(C)(C)C. The second kappa shape index (κ2) is 6.95. The Morgan fingerprint density at radius 1 is 1.20 bits per heavy atom. The van der Waals surface area contributed by atoms with E-state index in [0.29, 0.717) is 0 Å². The van der Waals surface area contributed by atoms with E-state index < -0.39 is 17.7 Å². The van der Waals surface area contributed by atoms with Crippen LogP contribution in [0, 0.1) is 0 Å². The van der Waals surface area contributed by atoms with E-state index in [9.17, 15) is 9.59 Å². The molecule has 1 aliphatic carbocycles. The van der Waals surface area contributed by atoms with Crippen LogP contribution in [0.5, 0.6) is 0 Å². The van der Waals surface area contributed by atoms with Crippen molar-refractivity contribution in [1.82, 2.24) is 10.2 Å². The van der Waals surface area contributed by atoms with Crippen LogP contribution in [0.15, 0.2) is 0 Å². The van der Waals surface area contributed by atoms with E-state index in [1.807, 2.05) is 20.8 Å². The Labute approximate surface area is 122 Å². The molecule has 0 heterocycles. The predicted molar refractivity (Wildman–Crippen MR) is 78.5 cm³/mol. The zero-order chi connectivity index (χ0) is 15.3. The van der Waals surface area contributed by atoms with Gasteiger partial charge < -0.3 is 10.1 Å². The van der Waals surface area contributed by atoms with Crippen molar-refractivity contribution >= 4 is 12.0 Å². The molecule has 5 heteroatoms. The lowest BCUT2D eigenvalue weighted by Crippen LogP contribution is -2.50. The fourth-order valence-electron chi connectivity index (χ4n) is 2.24. The fourth-order valence-corrected chi connectivity index (χ4v) is 2.24. The minimum atomic E-state index is -0.551. The van der Waals surface area contributed by atoms with Crippen molar-refractivity contribution in [3.05, 3.63) is 0 Å². The van der Waals surface area contributed by atoms with Gasteiger partial charge >= 0.3 is 6.09 Å². The molecule has 1 fully saturated rings. The maximum Gasteiger partial charge on any atom is 0.410 e. The number of carbonyl (C=O) groups is 2. The zero-order valence-electron chi connectivity index (χ0n) is 13.4. The highest BCUT2D eigenvalue weighted by Gasteiger charge is 2.28. The van der Waals surface area contributed by atoms with E-state index in [4.69, 9.17) is 4.74 Å². The van der Waals surface area contributed by atoms with E-state index in [2.05, 4.69) is 5.32 Å². The van der Waals surface area contributed by atoms with E-state index in [1.54, 1.807) is 14.0 Å². The van der Waals surface area contributed by atoms with Gasteiger partial charge in [0.25, 0.3) is 0 Å². The van der Waals surface area contributed by atoms with E-state index in [0.717, 1.165) is 12.8 Å². The second-order valence-electron chi connectivity index (χ2n) is 6.61. The highest BCUT2D eigenvalue weighted by atomic mass is 16.6. The summed E-state index contributed by atoms with van der Waals surface area (Å²) in [6, 6.07) is -0.266. The molecule has 0 aromatic carbocycles. The third-order valence-corrected chi connectivity index (χ3v) is 3.59. The van der Waals surface area contributed by atoms with Crippen molar-refractivity contribution in [3.63, 3.8) is 0 Å². The Kier molecular flexibility index (Phi) is 5.84. The van der Waals surface area contributed by atoms with Crippen LogP contribution in [0.3, 0.4) is 0 Å². The van der Waals surface area contributed by atoms with Crippen LogP contribution in [0.25, 0.3) is 0 Å². The summed E-state index contributed by atoms with van der Waals surface area (Å²) in [7, 11) is 1.60. The number of nitrogens with one attached hydrogen (secondary N) is 1. The molecule has 0 spiro atoms. The number of nitrogens with zero attached hydrogens (tertiary/aromatic N) is 1. The Morgan fingerprint density at radius 2 is 1.75 bits per heavy atom. The molecular weight excluding hydrogens is 256 g/mol. The highest BCUT2D eigenvalue weighted by Crippen LogP contribution is 2.18. The standard InChI is InChI=1S/C15H28N2O3/c1-11(17(5)14(19)20-15(2,3)4)13(18)16-12-9-7-6-8-10-12/h11-12H,6-10H2,1-5H3,(H,16,18)/t11-/m1/s1. The molecule has 1 saturated carbocycles.